The van der Waals surface area contributed by atoms with Gasteiger partial charge in [-0.2, -0.15) is 0 Å². The summed E-state index contributed by atoms with van der Waals surface area (Å²) in [5.41, 5.74) is 1.97. The molecule has 1 N–H and O–H groups in total. The molecule has 1 atom stereocenters. The maximum absolute atomic E-state index is 11.4. The number of hydrogen-bond donors (Lipinski definition) is 1. The second kappa shape index (κ2) is 7.12. The smallest absolute Gasteiger partial charge is 0.231 e. The standard InChI is InChI=1S/C18H19N5O4S/c1-25-18-12-10-15(27-14(12)6-7-20-18)13-11-21-16-4-5-17(22-23(13)16)26-8-3-9-28(2,19)24/h4-7,10-11,19H,3,8-9H2,1-2H3/t28-/m0/s1. The fourth-order valence-corrected chi connectivity index (χ4v) is 3.51. The summed E-state index contributed by atoms with van der Waals surface area (Å²) in [6.07, 6.45) is 5.24. The lowest BCUT2D eigenvalue weighted by Crippen LogP contribution is -2.08. The van der Waals surface area contributed by atoms with E-state index in [2.05, 4.69) is 15.1 Å². The van der Waals surface area contributed by atoms with Crippen LogP contribution in [0, 0.1) is 4.78 Å². The van der Waals surface area contributed by atoms with Gasteiger partial charge in [0.15, 0.2) is 11.4 Å². The Bertz CT molecular complexity index is 1250. The van der Waals surface area contributed by atoms with Crippen LogP contribution in [-0.2, 0) is 9.73 Å². The maximum atomic E-state index is 11.4. The van der Waals surface area contributed by atoms with Gasteiger partial charge in [0.2, 0.25) is 11.8 Å². The van der Waals surface area contributed by atoms with Crippen molar-refractivity contribution in [2.45, 2.75) is 6.42 Å². The molecule has 28 heavy (non-hydrogen) atoms. The molecule has 0 spiro atoms. The summed E-state index contributed by atoms with van der Waals surface area (Å²) >= 11 is 0. The number of aromatic nitrogens is 4. The topological polar surface area (TPSA) is 116 Å². The second-order valence-electron chi connectivity index (χ2n) is 6.34. The van der Waals surface area contributed by atoms with Gasteiger partial charge >= 0.3 is 0 Å². The highest BCUT2D eigenvalue weighted by molar-refractivity contribution is 7.91. The molecule has 0 fully saturated rings. The summed E-state index contributed by atoms with van der Waals surface area (Å²) in [6.45, 7) is 0.333. The predicted molar refractivity (Wildman–Crippen MR) is 104 cm³/mol. The van der Waals surface area contributed by atoms with E-state index in [1.807, 2.05) is 6.07 Å². The summed E-state index contributed by atoms with van der Waals surface area (Å²) in [7, 11) is -0.948. The number of methoxy groups -OCH3 is 1. The SMILES string of the molecule is COc1nccc2oc(-c3cnc4ccc(OCCC[S@@](C)(=N)=O)nn34)cc12. The molecule has 4 aromatic heterocycles. The quantitative estimate of drug-likeness (QED) is 0.473. The van der Waals surface area contributed by atoms with Crippen LogP contribution < -0.4 is 9.47 Å². The molecule has 0 aliphatic carbocycles. The van der Waals surface area contributed by atoms with Gasteiger partial charge in [-0.1, -0.05) is 0 Å². The minimum atomic E-state index is -2.51. The van der Waals surface area contributed by atoms with Crippen molar-refractivity contribution in [1.29, 1.82) is 4.78 Å². The van der Waals surface area contributed by atoms with Crippen molar-refractivity contribution >= 4 is 26.3 Å². The fraction of sp³-hybridized carbons (Fsp3) is 0.278. The number of nitrogens with zero attached hydrogens (tertiary/aromatic N) is 4. The molecule has 0 aromatic carbocycles. The Morgan fingerprint density at radius 2 is 2.14 bits per heavy atom. The molecular weight excluding hydrogens is 382 g/mol. The van der Waals surface area contributed by atoms with Crippen LogP contribution in [0.15, 0.2) is 41.1 Å². The minimum Gasteiger partial charge on any atom is -0.480 e. The molecule has 0 unspecified atom stereocenters. The Labute approximate surface area is 161 Å². The van der Waals surface area contributed by atoms with Crippen LogP contribution >= 0.6 is 0 Å². The van der Waals surface area contributed by atoms with Gasteiger partial charge in [-0.15, -0.1) is 5.10 Å². The van der Waals surface area contributed by atoms with Crippen LogP contribution in [0.1, 0.15) is 6.42 Å². The van der Waals surface area contributed by atoms with E-state index in [9.17, 15) is 4.21 Å². The van der Waals surface area contributed by atoms with Crippen LogP contribution in [-0.4, -0.2) is 49.5 Å². The number of imidazole rings is 1. The Morgan fingerprint density at radius 3 is 2.93 bits per heavy atom. The van der Waals surface area contributed by atoms with Gasteiger partial charge in [0, 0.05) is 40.1 Å². The first-order chi connectivity index (χ1) is 13.4. The van der Waals surface area contributed by atoms with Crippen molar-refractivity contribution in [3.8, 4) is 23.2 Å². The Balaban J connectivity index is 1.63. The van der Waals surface area contributed by atoms with E-state index in [0.29, 0.717) is 53.2 Å². The molecule has 10 heteroatoms. The number of ether oxygens (including phenoxy) is 2. The molecule has 0 bridgehead atoms. The number of furan rings is 1. The van der Waals surface area contributed by atoms with Gasteiger partial charge in [0.25, 0.3) is 0 Å². The molecule has 4 rings (SSSR count). The Morgan fingerprint density at radius 1 is 1.29 bits per heavy atom. The zero-order chi connectivity index (χ0) is 19.7. The number of nitrogens with one attached hydrogen (secondary N) is 1. The lowest BCUT2D eigenvalue weighted by molar-refractivity contribution is 0.301. The summed E-state index contributed by atoms with van der Waals surface area (Å²) in [5.74, 6) is 1.77. The van der Waals surface area contributed by atoms with Crippen molar-refractivity contribution in [1.82, 2.24) is 19.6 Å². The molecule has 4 heterocycles. The molecule has 0 saturated carbocycles. The monoisotopic (exact) mass is 401 g/mol. The normalized spacial score (nSPS) is 13.6. The zero-order valence-electron chi connectivity index (χ0n) is 15.4. The van der Waals surface area contributed by atoms with Crippen molar-refractivity contribution in [2.75, 3.05) is 25.7 Å². The van der Waals surface area contributed by atoms with E-state index in [1.165, 1.54) is 6.26 Å². The number of rotatable bonds is 7. The molecule has 0 amide bonds. The van der Waals surface area contributed by atoms with E-state index in [1.54, 1.807) is 42.2 Å². The third kappa shape index (κ3) is 3.63. The Kier molecular flexibility index (Phi) is 4.63. The molecule has 146 valence electrons. The predicted octanol–water partition coefficient (Wildman–Crippen LogP) is 2.99. The molecule has 9 nitrogen and oxygen atoms in total. The lowest BCUT2D eigenvalue weighted by atomic mass is 10.3. The number of fused-ring (bicyclic) bond motifs is 2. The van der Waals surface area contributed by atoms with Crippen molar-refractivity contribution in [3.05, 3.63) is 36.7 Å². The maximum Gasteiger partial charge on any atom is 0.231 e. The van der Waals surface area contributed by atoms with E-state index in [-0.39, 0.29) is 0 Å². The van der Waals surface area contributed by atoms with Gasteiger partial charge < -0.3 is 13.9 Å². The average Bonchev–Trinajstić information content (AvgIpc) is 3.27. The van der Waals surface area contributed by atoms with Gasteiger partial charge in [0.1, 0.15) is 11.3 Å². The van der Waals surface area contributed by atoms with Crippen molar-refractivity contribution in [2.24, 2.45) is 0 Å². The van der Waals surface area contributed by atoms with Crippen LogP contribution in [0.3, 0.4) is 0 Å². The summed E-state index contributed by atoms with van der Waals surface area (Å²) in [4.78, 5) is 8.53. The fourth-order valence-electron chi connectivity index (χ4n) is 2.84. The van der Waals surface area contributed by atoms with Crippen LogP contribution in [0.5, 0.6) is 11.8 Å². The molecule has 0 saturated heterocycles. The van der Waals surface area contributed by atoms with Crippen LogP contribution in [0.2, 0.25) is 0 Å². The highest BCUT2D eigenvalue weighted by Crippen LogP contribution is 2.32. The molecule has 0 radical (unpaired) electrons. The summed E-state index contributed by atoms with van der Waals surface area (Å²) < 4.78 is 37.3. The second-order valence-corrected chi connectivity index (χ2v) is 8.76. The largest absolute Gasteiger partial charge is 0.480 e. The molecular formula is C18H19N5O4S. The minimum absolute atomic E-state index is 0.292. The van der Waals surface area contributed by atoms with Gasteiger partial charge in [-0.3, -0.25) is 8.99 Å². The van der Waals surface area contributed by atoms with Gasteiger partial charge in [-0.25, -0.2) is 14.5 Å². The highest BCUT2D eigenvalue weighted by atomic mass is 32.2. The first kappa shape index (κ1) is 18.2. The van der Waals surface area contributed by atoms with E-state index >= 15 is 0 Å². The van der Waals surface area contributed by atoms with Crippen molar-refractivity contribution < 1.29 is 18.1 Å². The lowest BCUT2D eigenvalue weighted by Gasteiger charge is -2.06. The van der Waals surface area contributed by atoms with E-state index < -0.39 is 9.73 Å². The first-order valence-electron chi connectivity index (χ1n) is 8.56. The number of hydrogen-bond acceptors (Lipinski definition) is 8. The first-order valence-corrected chi connectivity index (χ1v) is 10.7. The molecule has 0 aliphatic heterocycles. The van der Waals surface area contributed by atoms with Crippen LogP contribution in [0.25, 0.3) is 28.1 Å². The number of pyridine rings is 1. The summed E-state index contributed by atoms with van der Waals surface area (Å²) in [5, 5.41) is 5.23. The van der Waals surface area contributed by atoms with E-state index in [0.717, 1.165) is 5.39 Å². The average molecular weight is 401 g/mol. The third-order valence-corrected chi connectivity index (χ3v) is 5.19. The van der Waals surface area contributed by atoms with Gasteiger partial charge in [0.05, 0.1) is 25.3 Å². The van der Waals surface area contributed by atoms with Crippen molar-refractivity contribution in [3.63, 3.8) is 0 Å². The highest BCUT2D eigenvalue weighted by Gasteiger charge is 2.15. The summed E-state index contributed by atoms with van der Waals surface area (Å²) in [6, 6.07) is 7.13. The molecule has 4 aromatic rings. The third-order valence-electron chi connectivity index (χ3n) is 4.12. The van der Waals surface area contributed by atoms with E-state index in [4.69, 9.17) is 18.7 Å². The Hall–Kier alpha value is -3.14. The van der Waals surface area contributed by atoms with Gasteiger partial charge in [-0.05, 0) is 18.6 Å². The zero-order valence-corrected chi connectivity index (χ0v) is 16.2. The molecule has 0 aliphatic rings. The van der Waals surface area contributed by atoms with Crippen LogP contribution in [0.4, 0.5) is 0 Å².